The second-order valence-electron chi connectivity index (χ2n) is 6.54. The van der Waals surface area contributed by atoms with Crippen molar-refractivity contribution in [2.24, 2.45) is 5.73 Å². The Hall–Kier alpha value is -2.95. The fourth-order valence-corrected chi connectivity index (χ4v) is 4.05. The molecule has 1 amide bonds. The second kappa shape index (κ2) is 6.09. The number of ether oxygens (including phenoxy) is 2. The van der Waals surface area contributed by atoms with E-state index in [1.54, 1.807) is 6.07 Å². The van der Waals surface area contributed by atoms with Crippen LogP contribution in [0.3, 0.4) is 0 Å². The van der Waals surface area contributed by atoms with Crippen molar-refractivity contribution >= 4 is 16.9 Å². The van der Waals surface area contributed by atoms with Crippen molar-refractivity contribution in [1.82, 2.24) is 4.57 Å². The fraction of sp³-hybridized carbons (Fsp3) is 0.286. The molecule has 0 atom stereocenters. The highest BCUT2D eigenvalue weighted by molar-refractivity contribution is 5.93. The Bertz CT molecular complexity index is 986. The van der Waals surface area contributed by atoms with Gasteiger partial charge in [-0.25, -0.2) is 4.79 Å². The zero-order valence-electron chi connectivity index (χ0n) is 14.9. The highest BCUT2D eigenvalue weighted by atomic mass is 16.7. The molecule has 1 aliphatic rings. The zero-order valence-corrected chi connectivity index (χ0v) is 14.9. The predicted octanol–water partition coefficient (Wildman–Crippen LogP) is 4.20. The second-order valence-corrected chi connectivity index (χ2v) is 6.54. The van der Waals surface area contributed by atoms with Crippen molar-refractivity contribution in [1.29, 1.82) is 0 Å². The Kier molecular flexibility index (Phi) is 3.87. The van der Waals surface area contributed by atoms with Crippen molar-refractivity contribution in [3.05, 3.63) is 59.8 Å². The summed E-state index contributed by atoms with van der Waals surface area (Å²) in [6, 6.07) is 14.5. The first-order valence-electron chi connectivity index (χ1n) is 8.83. The first-order valence-corrected chi connectivity index (χ1v) is 8.83. The van der Waals surface area contributed by atoms with E-state index >= 15 is 0 Å². The average molecular weight is 349 g/mol. The van der Waals surface area contributed by atoms with Gasteiger partial charge >= 0.3 is 6.03 Å². The van der Waals surface area contributed by atoms with Gasteiger partial charge in [0.25, 0.3) is 0 Å². The van der Waals surface area contributed by atoms with Gasteiger partial charge in [-0.15, -0.1) is 0 Å². The Morgan fingerprint density at radius 3 is 2.73 bits per heavy atom. The van der Waals surface area contributed by atoms with Crippen molar-refractivity contribution in [3.8, 4) is 11.5 Å². The van der Waals surface area contributed by atoms with Crippen LogP contribution in [0, 0.1) is 6.07 Å². The molecule has 0 saturated heterocycles. The Balaban J connectivity index is 1.98. The minimum absolute atomic E-state index is 0.250. The summed E-state index contributed by atoms with van der Waals surface area (Å²) in [4.78, 5) is 12.0. The molecule has 1 aromatic heterocycles. The Morgan fingerprint density at radius 1 is 1.23 bits per heavy atom. The van der Waals surface area contributed by atoms with Gasteiger partial charge in [0.2, 0.25) is 6.79 Å². The molecule has 0 spiro atoms. The summed E-state index contributed by atoms with van der Waals surface area (Å²) in [5.74, 6) is 1.53. The van der Waals surface area contributed by atoms with E-state index in [1.807, 2.05) is 24.4 Å². The number of hydrogen-bond acceptors (Lipinski definition) is 3. The normalized spacial score (nSPS) is 13.3. The van der Waals surface area contributed by atoms with E-state index in [0.717, 1.165) is 40.9 Å². The van der Waals surface area contributed by atoms with Crippen LogP contribution in [0.25, 0.3) is 10.9 Å². The molecule has 0 saturated carbocycles. The molecule has 133 valence electrons. The van der Waals surface area contributed by atoms with Gasteiger partial charge in [-0.2, -0.15) is 0 Å². The summed E-state index contributed by atoms with van der Waals surface area (Å²) >= 11 is 0. The minimum atomic E-state index is -0.504. The lowest BCUT2D eigenvalue weighted by molar-refractivity contribution is 0.174. The quantitative estimate of drug-likeness (QED) is 0.767. The van der Waals surface area contributed by atoms with E-state index in [-0.39, 0.29) is 12.2 Å². The molecule has 0 bridgehead atoms. The van der Waals surface area contributed by atoms with Crippen LogP contribution < -0.4 is 15.2 Å². The Labute approximate surface area is 152 Å². The molecule has 2 N–H and O–H groups in total. The van der Waals surface area contributed by atoms with Crippen molar-refractivity contribution in [2.45, 2.75) is 32.1 Å². The summed E-state index contributed by atoms with van der Waals surface area (Å²) in [5.41, 5.74) is 8.25. The molecule has 0 aliphatic carbocycles. The summed E-state index contributed by atoms with van der Waals surface area (Å²) in [6.07, 6.45) is 3.60. The van der Waals surface area contributed by atoms with E-state index in [1.165, 1.54) is 4.57 Å². The molecule has 3 aromatic rings. The summed E-state index contributed by atoms with van der Waals surface area (Å²) in [6.45, 7) is 4.57. The summed E-state index contributed by atoms with van der Waals surface area (Å²) < 4.78 is 12.5. The molecule has 2 heterocycles. The van der Waals surface area contributed by atoms with Gasteiger partial charge in [0.05, 0.1) is 5.52 Å². The third-order valence-corrected chi connectivity index (χ3v) is 5.51. The molecule has 0 unspecified atom stereocenters. The maximum Gasteiger partial charge on any atom is 0.323 e. The lowest BCUT2D eigenvalue weighted by Crippen LogP contribution is -2.26. The largest absolute Gasteiger partial charge is 0.454 e. The van der Waals surface area contributed by atoms with Gasteiger partial charge in [0.1, 0.15) is 0 Å². The number of primary amides is 1. The smallest absolute Gasteiger partial charge is 0.323 e. The highest BCUT2D eigenvalue weighted by Gasteiger charge is 2.35. The number of hydrogen-bond donors (Lipinski definition) is 1. The highest BCUT2D eigenvalue weighted by Crippen LogP contribution is 2.45. The number of carbonyl (C=O) groups excluding carboxylic acids is 1. The van der Waals surface area contributed by atoms with Crippen molar-refractivity contribution < 1.29 is 14.3 Å². The van der Waals surface area contributed by atoms with E-state index < -0.39 is 6.03 Å². The SMILES string of the molecule is CCC(CC)(c1ccc2c(c1)OCO2)c1cn(C(N)=O)c2[c]cccc12. The van der Waals surface area contributed by atoms with Crippen molar-refractivity contribution in [2.75, 3.05) is 6.79 Å². The van der Waals surface area contributed by atoms with E-state index in [0.29, 0.717) is 5.52 Å². The molecule has 4 rings (SSSR count). The average Bonchev–Trinajstić information content (AvgIpc) is 3.28. The van der Waals surface area contributed by atoms with Crippen LogP contribution in [0.1, 0.15) is 37.8 Å². The maximum atomic E-state index is 12.0. The fourth-order valence-electron chi connectivity index (χ4n) is 4.05. The monoisotopic (exact) mass is 349 g/mol. The van der Waals surface area contributed by atoms with Gasteiger partial charge in [0, 0.05) is 23.1 Å². The maximum absolute atomic E-state index is 12.0. The molecule has 5 heteroatoms. The van der Waals surface area contributed by atoms with Crippen LogP contribution in [0.15, 0.2) is 42.6 Å². The number of rotatable bonds is 4. The first kappa shape index (κ1) is 16.5. The molecule has 0 fully saturated rings. The third kappa shape index (κ3) is 2.27. The molecule has 1 aliphatic heterocycles. The lowest BCUT2D eigenvalue weighted by Gasteiger charge is -2.32. The third-order valence-electron chi connectivity index (χ3n) is 5.51. The zero-order chi connectivity index (χ0) is 18.3. The number of carbonyl (C=O) groups is 1. The molecule has 1 radical (unpaired) electrons. The lowest BCUT2D eigenvalue weighted by atomic mass is 9.70. The van der Waals surface area contributed by atoms with Crippen LogP contribution >= 0.6 is 0 Å². The molecule has 5 nitrogen and oxygen atoms in total. The van der Waals surface area contributed by atoms with E-state index in [9.17, 15) is 4.79 Å². The van der Waals surface area contributed by atoms with Crippen LogP contribution in [-0.2, 0) is 5.41 Å². The first-order chi connectivity index (χ1) is 12.6. The predicted molar refractivity (Wildman–Crippen MR) is 99.7 cm³/mol. The number of amides is 1. The minimum Gasteiger partial charge on any atom is -0.454 e. The molecular formula is C21H21N2O3. The van der Waals surface area contributed by atoms with Crippen molar-refractivity contribution in [3.63, 3.8) is 0 Å². The summed E-state index contributed by atoms with van der Waals surface area (Å²) in [7, 11) is 0. The van der Waals surface area contributed by atoms with Gasteiger partial charge < -0.3 is 15.2 Å². The van der Waals surface area contributed by atoms with Gasteiger partial charge in [-0.05, 0) is 36.1 Å². The number of fused-ring (bicyclic) bond motifs is 2. The summed E-state index contributed by atoms with van der Waals surface area (Å²) in [5, 5.41) is 0.993. The Morgan fingerprint density at radius 2 is 2.00 bits per heavy atom. The van der Waals surface area contributed by atoms with Crippen LogP contribution in [0.5, 0.6) is 11.5 Å². The standard InChI is InChI=1S/C21H21N2O3/c1-3-21(4-2,14-9-10-18-19(11-14)26-13-25-18)16-12-23(20(22)24)17-8-6-5-7-15(16)17/h5-7,9-12H,3-4,13H2,1-2H3,(H2,22,24). The number of para-hydroxylation sites is 1. The number of nitrogens with zero attached hydrogens (tertiary/aromatic N) is 1. The van der Waals surface area contributed by atoms with Gasteiger partial charge in [0.15, 0.2) is 11.5 Å². The molecule has 2 aromatic carbocycles. The van der Waals surface area contributed by atoms with Crippen LogP contribution in [0.4, 0.5) is 4.79 Å². The number of nitrogens with two attached hydrogens (primary N) is 1. The topological polar surface area (TPSA) is 66.5 Å². The van der Waals surface area contributed by atoms with E-state index in [4.69, 9.17) is 15.2 Å². The molecule has 26 heavy (non-hydrogen) atoms. The van der Waals surface area contributed by atoms with E-state index in [2.05, 4.69) is 32.0 Å². The number of benzene rings is 2. The molecular weight excluding hydrogens is 328 g/mol. The van der Waals surface area contributed by atoms with Gasteiger partial charge in [-0.3, -0.25) is 4.57 Å². The number of aromatic nitrogens is 1. The van der Waals surface area contributed by atoms with Crippen LogP contribution in [0.2, 0.25) is 0 Å². The van der Waals surface area contributed by atoms with Gasteiger partial charge in [-0.1, -0.05) is 38.1 Å². The van der Waals surface area contributed by atoms with Crippen LogP contribution in [-0.4, -0.2) is 17.4 Å².